The zero-order chi connectivity index (χ0) is 36.2. The van der Waals surface area contributed by atoms with Crippen molar-refractivity contribution >= 4 is 29.0 Å². The van der Waals surface area contributed by atoms with Crippen LogP contribution in [-0.2, 0) is 37.0 Å². The number of amides is 1. The summed E-state index contributed by atoms with van der Waals surface area (Å²) in [5, 5.41) is 4.79. The van der Waals surface area contributed by atoms with Crippen LogP contribution < -0.4 is 15.4 Å². The van der Waals surface area contributed by atoms with Crippen molar-refractivity contribution in [2.75, 3.05) is 44.4 Å². The van der Waals surface area contributed by atoms with Gasteiger partial charge in [-0.2, -0.15) is 28.2 Å². The number of rotatable bonds is 5. The Labute approximate surface area is 296 Å². The summed E-state index contributed by atoms with van der Waals surface area (Å²) >= 11 is 6.72. The fraction of sp³-hybridized carbons (Fsp3) is 0.588. The van der Waals surface area contributed by atoms with Gasteiger partial charge in [-0.05, 0) is 57.2 Å². The van der Waals surface area contributed by atoms with Gasteiger partial charge in [0.15, 0.2) is 11.5 Å². The van der Waals surface area contributed by atoms with Gasteiger partial charge in [-0.25, -0.2) is 8.78 Å². The zero-order valence-electron chi connectivity index (χ0n) is 28.4. The minimum atomic E-state index is -4.82. The molecule has 1 saturated carbocycles. The summed E-state index contributed by atoms with van der Waals surface area (Å²) in [6.45, 7) is 2.98. The molecule has 1 aromatic carbocycles. The lowest BCUT2D eigenvalue weighted by Crippen LogP contribution is -2.30. The molecular weight excluding hydrogens is 699 g/mol. The molecule has 1 aliphatic carbocycles. The Bertz CT molecular complexity index is 1790. The van der Waals surface area contributed by atoms with E-state index in [1.165, 1.54) is 20.0 Å². The van der Waals surface area contributed by atoms with Crippen molar-refractivity contribution in [2.45, 2.75) is 95.2 Å². The molecule has 0 radical (unpaired) electrons. The number of aromatic nitrogens is 4. The van der Waals surface area contributed by atoms with Crippen LogP contribution in [0.4, 0.5) is 33.5 Å². The maximum atomic E-state index is 15.0. The molecule has 4 aliphatic heterocycles. The third-order valence-electron chi connectivity index (χ3n) is 10.4. The summed E-state index contributed by atoms with van der Waals surface area (Å²) in [4.78, 5) is 27.9. The number of alkyl halides is 4. The second kappa shape index (κ2) is 14.0. The number of nitrogens with zero attached hydrogens (tertiary/aromatic N) is 7. The maximum absolute atomic E-state index is 15.0. The Kier molecular flexibility index (Phi) is 9.78. The molecule has 3 atom stereocenters. The Morgan fingerprint density at radius 1 is 1.14 bits per heavy atom. The number of hydrogen-bond acceptors (Lipinski definition) is 9. The Morgan fingerprint density at radius 3 is 2.63 bits per heavy atom. The first kappa shape index (κ1) is 35.6. The van der Waals surface area contributed by atoms with E-state index in [-0.39, 0.29) is 48.2 Å². The molecule has 11 nitrogen and oxygen atoms in total. The molecule has 3 fully saturated rings. The highest BCUT2D eigenvalue weighted by molar-refractivity contribution is 6.34. The van der Waals surface area contributed by atoms with Gasteiger partial charge in [0.1, 0.15) is 12.0 Å². The number of hydrogen-bond donors (Lipinski definition) is 1. The van der Waals surface area contributed by atoms with E-state index >= 15 is 4.39 Å². The van der Waals surface area contributed by atoms with Crippen molar-refractivity contribution in [3.63, 3.8) is 0 Å². The van der Waals surface area contributed by atoms with Crippen LogP contribution in [0.25, 0.3) is 0 Å². The standard InChI is InChI=1S/C27H28ClF4N7O3.C7H12FN/c1-37(13-4-5-13)25(40)23-21(28)18-11-38(8-3-9-39(18)36-23)24-14-12-42-19(10-17(14)34-26(35-24)41-2)20-15(27(30,31)32)6-7-16(33)22(20)29;8-6-4-7-2-1-3-9(7)5-6/h6-7,13,19H,3-5,8-12,33H2,1-2H3;6-7H,1-5H2. The Balaban J connectivity index is 0.000000389. The van der Waals surface area contributed by atoms with E-state index in [0.717, 1.165) is 37.9 Å². The minimum absolute atomic E-state index is 0.000677. The van der Waals surface area contributed by atoms with Crippen molar-refractivity contribution in [2.24, 2.45) is 0 Å². The minimum Gasteiger partial charge on any atom is -0.467 e. The van der Waals surface area contributed by atoms with E-state index < -0.39 is 41.1 Å². The first-order valence-corrected chi connectivity index (χ1v) is 17.6. The molecule has 1 amide bonds. The number of methoxy groups -OCH3 is 1. The van der Waals surface area contributed by atoms with Crippen molar-refractivity contribution in [1.29, 1.82) is 0 Å². The molecule has 17 heteroatoms. The number of benzene rings is 1. The van der Waals surface area contributed by atoms with Gasteiger partial charge >= 0.3 is 12.2 Å². The fourth-order valence-corrected chi connectivity index (χ4v) is 7.84. The number of carbonyl (C=O) groups excluding carboxylic acids is 1. The summed E-state index contributed by atoms with van der Waals surface area (Å²) in [5.41, 5.74) is 5.15. The number of halogens is 6. The molecule has 2 N–H and O–H groups in total. The van der Waals surface area contributed by atoms with E-state index in [9.17, 15) is 22.4 Å². The average Bonchev–Trinajstić information content (AvgIpc) is 3.73. The monoisotopic (exact) mass is 738 g/mol. The van der Waals surface area contributed by atoms with Crippen molar-refractivity contribution in [3.8, 4) is 6.01 Å². The van der Waals surface area contributed by atoms with Crippen LogP contribution in [0.5, 0.6) is 6.01 Å². The van der Waals surface area contributed by atoms with Crippen LogP contribution in [0.2, 0.25) is 5.02 Å². The summed E-state index contributed by atoms with van der Waals surface area (Å²) < 4.78 is 82.0. The van der Waals surface area contributed by atoms with Crippen LogP contribution in [0.3, 0.4) is 0 Å². The molecule has 51 heavy (non-hydrogen) atoms. The normalized spacial score (nSPS) is 23.1. The Hall–Kier alpha value is -3.76. The number of carbonyl (C=O) groups is 1. The third kappa shape index (κ3) is 7.06. The third-order valence-corrected chi connectivity index (χ3v) is 10.8. The summed E-state index contributed by atoms with van der Waals surface area (Å²) in [7, 11) is 3.12. The zero-order valence-corrected chi connectivity index (χ0v) is 29.1. The SMILES string of the molecule is COc1nc2c(c(N3CCCn4nc(C(=O)N(C)C5CC5)c(Cl)c4C3)n1)COC(c1c(C(F)(F)F)ccc(N)c1F)C2.FC1CC2CCCN2C1. The van der Waals surface area contributed by atoms with Gasteiger partial charge in [0.25, 0.3) is 5.91 Å². The van der Waals surface area contributed by atoms with Gasteiger partial charge in [-0.3, -0.25) is 14.4 Å². The van der Waals surface area contributed by atoms with Gasteiger partial charge in [0.2, 0.25) is 0 Å². The fourth-order valence-electron chi connectivity index (χ4n) is 7.56. The number of nitrogen functional groups attached to an aromatic ring is 1. The van der Waals surface area contributed by atoms with Crippen LogP contribution >= 0.6 is 11.6 Å². The van der Waals surface area contributed by atoms with E-state index in [0.29, 0.717) is 54.9 Å². The molecule has 0 spiro atoms. The molecule has 5 aliphatic rings. The maximum Gasteiger partial charge on any atom is 0.416 e. The van der Waals surface area contributed by atoms with Gasteiger partial charge in [-0.15, -0.1) is 0 Å². The molecule has 6 heterocycles. The summed E-state index contributed by atoms with van der Waals surface area (Å²) in [6, 6.07) is 2.45. The van der Waals surface area contributed by atoms with E-state index in [1.54, 1.807) is 16.6 Å². The number of fused-ring (bicyclic) bond motifs is 3. The highest BCUT2D eigenvalue weighted by Crippen LogP contribution is 2.43. The van der Waals surface area contributed by atoms with Crippen LogP contribution in [0, 0.1) is 5.82 Å². The molecule has 2 saturated heterocycles. The summed E-state index contributed by atoms with van der Waals surface area (Å²) in [5.74, 6) is -0.956. The van der Waals surface area contributed by atoms with E-state index in [4.69, 9.17) is 26.8 Å². The molecule has 276 valence electrons. The highest BCUT2D eigenvalue weighted by atomic mass is 35.5. The first-order valence-electron chi connectivity index (χ1n) is 17.2. The number of nitrogens with two attached hydrogens (primary N) is 1. The lowest BCUT2D eigenvalue weighted by atomic mass is 9.94. The summed E-state index contributed by atoms with van der Waals surface area (Å²) in [6.07, 6.45) is -0.910. The average molecular weight is 739 g/mol. The second-order valence-corrected chi connectivity index (χ2v) is 14.1. The topological polar surface area (TPSA) is 115 Å². The van der Waals surface area contributed by atoms with Crippen molar-refractivity contribution < 1.29 is 36.2 Å². The predicted molar refractivity (Wildman–Crippen MR) is 178 cm³/mol. The van der Waals surface area contributed by atoms with E-state index in [1.807, 2.05) is 4.90 Å². The van der Waals surface area contributed by atoms with E-state index in [2.05, 4.69) is 20.0 Å². The lowest BCUT2D eigenvalue weighted by molar-refractivity contribution is -0.140. The van der Waals surface area contributed by atoms with Crippen LogP contribution in [-0.4, -0.2) is 87.5 Å². The second-order valence-electron chi connectivity index (χ2n) is 13.8. The predicted octanol–water partition coefficient (Wildman–Crippen LogP) is 5.73. The molecule has 8 rings (SSSR count). The van der Waals surface area contributed by atoms with Gasteiger partial charge in [-0.1, -0.05) is 11.6 Å². The molecule has 3 unspecified atom stereocenters. The highest BCUT2D eigenvalue weighted by Gasteiger charge is 2.41. The molecule has 3 aromatic rings. The Morgan fingerprint density at radius 2 is 1.92 bits per heavy atom. The van der Waals surface area contributed by atoms with Gasteiger partial charge in [0, 0.05) is 56.3 Å². The van der Waals surface area contributed by atoms with Crippen molar-refractivity contribution in [1.82, 2.24) is 29.5 Å². The molecule has 2 aromatic heterocycles. The lowest BCUT2D eigenvalue weighted by Gasteiger charge is -2.31. The largest absolute Gasteiger partial charge is 0.467 e. The number of aryl methyl sites for hydroxylation is 1. The van der Waals surface area contributed by atoms with Gasteiger partial charge < -0.3 is 25.0 Å². The first-order chi connectivity index (χ1) is 24.3. The number of anilines is 2. The van der Waals surface area contributed by atoms with Crippen LogP contribution in [0.1, 0.15) is 83.2 Å². The molecular formula is C34H40ClF5N8O3. The molecule has 0 bridgehead atoms. The van der Waals surface area contributed by atoms with Gasteiger partial charge in [0.05, 0.1) is 54.0 Å². The van der Waals surface area contributed by atoms with Crippen LogP contribution in [0.15, 0.2) is 12.1 Å². The number of ether oxygens (including phenoxy) is 2. The smallest absolute Gasteiger partial charge is 0.416 e. The van der Waals surface area contributed by atoms with Crippen molar-refractivity contribution in [3.05, 3.63) is 56.7 Å². The quantitative estimate of drug-likeness (QED) is 0.259.